The van der Waals surface area contributed by atoms with Crippen LogP contribution in [0.3, 0.4) is 0 Å². The Labute approximate surface area is 69.2 Å². The molecule has 2 N–H and O–H groups in total. The molecule has 0 saturated carbocycles. The maximum atomic E-state index is 11.1. The van der Waals surface area contributed by atoms with Crippen molar-refractivity contribution in [2.24, 2.45) is 4.99 Å². The van der Waals surface area contributed by atoms with Crippen LogP contribution in [0.5, 0.6) is 0 Å². The van der Waals surface area contributed by atoms with E-state index in [-0.39, 0.29) is 5.91 Å². The SMILES string of the molecule is O=C1N=C2CCNC[C+]2C(=O)N1. The molecule has 0 unspecified atom stereocenters. The van der Waals surface area contributed by atoms with Gasteiger partial charge >= 0.3 is 11.9 Å². The number of hydrogen-bond donors (Lipinski definition) is 2. The van der Waals surface area contributed by atoms with Crippen molar-refractivity contribution in [1.82, 2.24) is 10.6 Å². The molecule has 2 aliphatic rings. The number of carbonyl (C=O) groups is 2. The van der Waals surface area contributed by atoms with E-state index in [1.165, 1.54) is 0 Å². The van der Waals surface area contributed by atoms with Gasteiger partial charge in [0.1, 0.15) is 0 Å². The summed E-state index contributed by atoms with van der Waals surface area (Å²) < 4.78 is 0. The molecule has 12 heavy (non-hydrogen) atoms. The lowest BCUT2D eigenvalue weighted by molar-refractivity contribution is -0.117. The van der Waals surface area contributed by atoms with Crippen molar-refractivity contribution < 1.29 is 9.59 Å². The summed E-state index contributed by atoms with van der Waals surface area (Å²) in [6.45, 7) is 1.29. The van der Waals surface area contributed by atoms with Crippen LogP contribution < -0.4 is 10.6 Å². The molecule has 2 heterocycles. The van der Waals surface area contributed by atoms with E-state index in [1.54, 1.807) is 0 Å². The summed E-state index contributed by atoms with van der Waals surface area (Å²) in [5.41, 5.74) is 0.641. The molecular formula is C7H8N3O2+. The summed E-state index contributed by atoms with van der Waals surface area (Å²) >= 11 is 0. The molecule has 2 rings (SSSR count). The van der Waals surface area contributed by atoms with Crippen LogP contribution in [0.2, 0.25) is 0 Å². The van der Waals surface area contributed by atoms with Gasteiger partial charge in [-0.05, 0) is 0 Å². The van der Waals surface area contributed by atoms with E-state index >= 15 is 0 Å². The molecule has 5 heteroatoms. The summed E-state index contributed by atoms with van der Waals surface area (Å²) in [5.74, 6) is 0.290. The monoisotopic (exact) mass is 166 g/mol. The largest absolute Gasteiger partial charge is 0.421 e. The lowest BCUT2D eigenvalue weighted by Crippen LogP contribution is -2.49. The first kappa shape index (κ1) is 7.30. The van der Waals surface area contributed by atoms with Crippen LogP contribution in [0, 0.1) is 5.92 Å². The van der Waals surface area contributed by atoms with Gasteiger partial charge in [0.15, 0.2) is 6.54 Å². The molecule has 5 nitrogen and oxygen atoms in total. The Morgan fingerprint density at radius 2 is 2.25 bits per heavy atom. The second-order valence-electron chi connectivity index (χ2n) is 2.72. The topological polar surface area (TPSA) is 70.6 Å². The summed E-state index contributed by atoms with van der Waals surface area (Å²) in [5, 5.41) is 5.18. The van der Waals surface area contributed by atoms with Crippen molar-refractivity contribution in [2.45, 2.75) is 6.42 Å². The molecule has 62 valence electrons. The minimum absolute atomic E-state index is 0.308. The van der Waals surface area contributed by atoms with E-state index in [2.05, 4.69) is 15.6 Å². The first-order valence-electron chi connectivity index (χ1n) is 3.77. The van der Waals surface area contributed by atoms with Crippen LogP contribution in [0.25, 0.3) is 0 Å². The zero-order chi connectivity index (χ0) is 8.55. The van der Waals surface area contributed by atoms with E-state index in [9.17, 15) is 9.59 Å². The van der Waals surface area contributed by atoms with Gasteiger partial charge in [0.25, 0.3) is 5.92 Å². The van der Waals surface area contributed by atoms with Gasteiger partial charge in [0.05, 0.1) is 0 Å². The van der Waals surface area contributed by atoms with Crippen molar-refractivity contribution in [3.05, 3.63) is 5.92 Å². The van der Waals surface area contributed by atoms with Crippen LogP contribution >= 0.6 is 0 Å². The van der Waals surface area contributed by atoms with Crippen LogP contribution in [-0.2, 0) is 4.79 Å². The number of fused-ring (bicyclic) bond motifs is 1. The summed E-state index contributed by atoms with van der Waals surface area (Å²) in [6.07, 6.45) is 0.661. The minimum Gasteiger partial charge on any atom is -0.277 e. The van der Waals surface area contributed by atoms with E-state index in [4.69, 9.17) is 0 Å². The Morgan fingerprint density at radius 1 is 1.42 bits per heavy atom. The zero-order valence-electron chi connectivity index (χ0n) is 6.39. The highest BCUT2D eigenvalue weighted by atomic mass is 16.2. The Morgan fingerprint density at radius 3 is 3.08 bits per heavy atom. The normalized spacial score (nSPS) is 23.0. The highest BCUT2D eigenvalue weighted by Crippen LogP contribution is 2.13. The maximum absolute atomic E-state index is 11.1. The fourth-order valence-electron chi connectivity index (χ4n) is 1.33. The average Bonchev–Trinajstić information content (AvgIpc) is 2.04. The molecule has 0 aromatic heterocycles. The first-order chi connectivity index (χ1) is 5.77. The summed E-state index contributed by atoms with van der Waals surface area (Å²) in [4.78, 5) is 25.6. The molecule has 0 bridgehead atoms. The van der Waals surface area contributed by atoms with Crippen LogP contribution in [0.4, 0.5) is 4.79 Å². The molecule has 0 aliphatic carbocycles. The molecule has 1 saturated heterocycles. The van der Waals surface area contributed by atoms with Crippen molar-refractivity contribution in [1.29, 1.82) is 0 Å². The van der Waals surface area contributed by atoms with Gasteiger partial charge < -0.3 is 0 Å². The smallest absolute Gasteiger partial charge is 0.277 e. The molecule has 0 atom stereocenters. The number of imide groups is 1. The quantitative estimate of drug-likeness (QED) is 0.465. The molecule has 0 radical (unpaired) electrons. The number of urea groups is 1. The Bertz CT molecular complexity index is 272. The molecular weight excluding hydrogens is 158 g/mol. The number of aliphatic imine (C=N–C) groups is 1. The van der Waals surface area contributed by atoms with Gasteiger partial charge in [-0.15, -0.1) is 0 Å². The molecule has 0 spiro atoms. The van der Waals surface area contributed by atoms with E-state index < -0.39 is 6.03 Å². The number of nitrogens with zero attached hydrogens (tertiary/aromatic N) is 1. The standard InChI is InChI=1S/C7H7N3O2/c11-6-4-3-8-2-1-5(4)9-7(12)10-6/h8H,1-3H2/p+1. The number of amides is 3. The van der Waals surface area contributed by atoms with Crippen molar-refractivity contribution in [3.8, 4) is 0 Å². The molecule has 0 aromatic rings. The third kappa shape index (κ3) is 1.08. The van der Waals surface area contributed by atoms with Gasteiger partial charge in [-0.1, -0.05) is 0 Å². The van der Waals surface area contributed by atoms with Crippen LogP contribution in [-0.4, -0.2) is 30.7 Å². The molecule has 1 fully saturated rings. The van der Waals surface area contributed by atoms with Crippen molar-refractivity contribution in [2.75, 3.05) is 13.1 Å². The van der Waals surface area contributed by atoms with E-state index in [0.29, 0.717) is 24.6 Å². The number of nitrogens with one attached hydrogen (secondary N) is 2. The number of piperidine rings is 1. The Balaban J connectivity index is 2.28. The Kier molecular flexibility index (Phi) is 1.58. The second-order valence-corrected chi connectivity index (χ2v) is 2.72. The summed E-state index contributed by atoms with van der Waals surface area (Å²) in [6, 6.07) is -0.541. The third-order valence-corrected chi connectivity index (χ3v) is 1.92. The fraction of sp³-hybridized carbons (Fsp3) is 0.429. The highest BCUT2D eigenvalue weighted by Gasteiger charge is 2.44. The number of rotatable bonds is 0. The summed E-state index contributed by atoms with van der Waals surface area (Å²) in [7, 11) is 0. The third-order valence-electron chi connectivity index (χ3n) is 1.92. The minimum atomic E-state index is -0.541. The number of hydrogen-bond acceptors (Lipinski definition) is 3. The van der Waals surface area contributed by atoms with Gasteiger partial charge in [-0.2, -0.15) is 4.99 Å². The van der Waals surface area contributed by atoms with Gasteiger partial charge in [0, 0.05) is 13.0 Å². The van der Waals surface area contributed by atoms with Gasteiger partial charge in [0.2, 0.25) is 5.71 Å². The zero-order valence-corrected chi connectivity index (χ0v) is 6.39. The maximum Gasteiger partial charge on any atom is 0.421 e. The van der Waals surface area contributed by atoms with Crippen LogP contribution in [0.1, 0.15) is 6.42 Å². The van der Waals surface area contributed by atoms with Crippen molar-refractivity contribution in [3.63, 3.8) is 0 Å². The lowest BCUT2D eigenvalue weighted by Gasteiger charge is -2.15. The lowest BCUT2D eigenvalue weighted by atomic mass is 9.95. The second kappa shape index (κ2) is 2.60. The van der Waals surface area contributed by atoms with Crippen molar-refractivity contribution >= 4 is 17.6 Å². The van der Waals surface area contributed by atoms with Gasteiger partial charge in [-0.25, -0.2) is 14.9 Å². The van der Waals surface area contributed by atoms with E-state index in [1.807, 2.05) is 0 Å². The molecule has 2 aliphatic heterocycles. The fourth-order valence-corrected chi connectivity index (χ4v) is 1.33. The van der Waals surface area contributed by atoms with Gasteiger partial charge in [-0.3, -0.25) is 5.32 Å². The van der Waals surface area contributed by atoms with E-state index in [0.717, 1.165) is 6.54 Å². The average molecular weight is 166 g/mol. The molecule has 3 amide bonds. The first-order valence-corrected chi connectivity index (χ1v) is 3.77. The Hall–Kier alpha value is -1.36. The van der Waals surface area contributed by atoms with Crippen LogP contribution in [0.15, 0.2) is 4.99 Å². The molecule has 0 aromatic carbocycles. The predicted octanol–water partition coefficient (Wildman–Crippen LogP) is -0.755. The number of carbonyl (C=O) groups excluding carboxylic acids is 2. The highest BCUT2D eigenvalue weighted by molar-refractivity contribution is 6.27. The predicted molar refractivity (Wildman–Crippen MR) is 41.7 cm³/mol.